The summed E-state index contributed by atoms with van der Waals surface area (Å²) in [6.45, 7) is 3.36. The summed E-state index contributed by atoms with van der Waals surface area (Å²) in [7, 11) is 1.93. The van der Waals surface area contributed by atoms with Crippen LogP contribution in [0.2, 0.25) is 0 Å². The summed E-state index contributed by atoms with van der Waals surface area (Å²) in [5.74, 6) is -0.323. The predicted octanol–water partition coefficient (Wildman–Crippen LogP) is 2.80. The summed E-state index contributed by atoms with van der Waals surface area (Å²) in [5.41, 5.74) is 3.12. The third kappa shape index (κ3) is 5.75. The number of aliphatic hydroxyl groups excluding tert-OH is 1. The van der Waals surface area contributed by atoms with E-state index in [0.717, 1.165) is 13.0 Å². The van der Waals surface area contributed by atoms with Crippen molar-refractivity contribution < 1.29 is 9.50 Å². The average Bonchev–Trinajstić information content (AvgIpc) is 2.55. The Balaban J connectivity index is 1.81. The zero-order chi connectivity index (χ0) is 16.7. The van der Waals surface area contributed by atoms with Crippen molar-refractivity contribution in [3.8, 4) is 0 Å². The highest BCUT2D eigenvalue weighted by Crippen LogP contribution is 2.14. The normalized spacial score (nSPS) is 13.7. The summed E-state index contributed by atoms with van der Waals surface area (Å²) in [4.78, 5) is 0. The second-order valence-electron chi connectivity index (χ2n) is 5.93. The van der Waals surface area contributed by atoms with Gasteiger partial charge in [0, 0.05) is 19.1 Å². The molecule has 124 valence electrons. The van der Waals surface area contributed by atoms with Gasteiger partial charge in [-0.3, -0.25) is 0 Å². The van der Waals surface area contributed by atoms with Crippen molar-refractivity contribution in [3.05, 3.63) is 71.0 Å². The van der Waals surface area contributed by atoms with Crippen LogP contribution >= 0.6 is 0 Å². The molecule has 0 saturated carbocycles. The molecule has 0 spiro atoms. The topological polar surface area (TPSA) is 44.3 Å². The molecule has 2 aromatic rings. The molecule has 3 N–H and O–H groups in total. The van der Waals surface area contributed by atoms with E-state index in [-0.39, 0.29) is 11.9 Å². The Morgan fingerprint density at radius 2 is 1.78 bits per heavy atom. The lowest BCUT2D eigenvalue weighted by molar-refractivity contribution is 0.170. The smallest absolute Gasteiger partial charge is 0.123 e. The zero-order valence-electron chi connectivity index (χ0n) is 13.7. The van der Waals surface area contributed by atoms with Crippen LogP contribution in [0, 0.1) is 5.82 Å². The molecule has 2 atom stereocenters. The lowest BCUT2D eigenvalue weighted by Gasteiger charge is -2.18. The van der Waals surface area contributed by atoms with E-state index in [2.05, 4.69) is 41.8 Å². The van der Waals surface area contributed by atoms with E-state index < -0.39 is 6.10 Å². The molecule has 0 saturated heterocycles. The first-order chi connectivity index (χ1) is 11.1. The molecule has 0 bridgehead atoms. The lowest BCUT2D eigenvalue weighted by Crippen LogP contribution is -2.32. The fraction of sp³-hybridized carbons (Fsp3) is 0.368. The van der Waals surface area contributed by atoms with E-state index in [1.807, 2.05) is 7.05 Å². The van der Waals surface area contributed by atoms with Crippen molar-refractivity contribution >= 4 is 0 Å². The van der Waals surface area contributed by atoms with Gasteiger partial charge in [-0.15, -0.1) is 0 Å². The Kier molecular flexibility index (Phi) is 6.71. The van der Waals surface area contributed by atoms with Gasteiger partial charge in [-0.1, -0.05) is 36.4 Å². The maximum atomic E-state index is 13.2. The van der Waals surface area contributed by atoms with Crippen molar-refractivity contribution in [2.24, 2.45) is 0 Å². The molecule has 0 aromatic heterocycles. The van der Waals surface area contributed by atoms with E-state index in [4.69, 9.17) is 0 Å². The molecule has 0 aliphatic heterocycles. The number of aliphatic hydroxyl groups is 1. The fourth-order valence-electron chi connectivity index (χ4n) is 2.57. The Morgan fingerprint density at radius 3 is 2.43 bits per heavy atom. The van der Waals surface area contributed by atoms with E-state index >= 15 is 0 Å². The van der Waals surface area contributed by atoms with Crippen LogP contribution in [0.5, 0.6) is 0 Å². The molecule has 0 amide bonds. The average molecular weight is 316 g/mol. The molecule has 0 fully saturated rings. The third-order valence-corrected chi connectivity index (χ3v) is 3.84. The molecule has 0 aliphatic rings. The third-order valence-electron chi connectivity index (χ3n) is 3.84. The largest absolute Gasteiger partial charge is 0.387 e. The Hall–Kier alpha value is -1.75. The summed E-state index contributed by atoms with van der Waals surface area (Å²) in [6, 6.07) is 14.8. The maximum Gasteiger partial charge on any atom is 0.123 e. The molecule has 23 heavy (non-hydrogen) atoms. The summed E-state index contributed by atoms with van der Waals surface area (Å²) in [5, 5.41) is 16.6. The SMILES string of the molecule is CNCc1ccc(CC(C)NCC(O)c2cccc(F)c2)cc1. The molecule has 0 radical (unpaired) electrons. The van der Waals surface area contributed by atoms with Gasteiger partial charge in [-0.25, -0.2) is 4.39 Å². The lowest BCUT2D eigenvalue weighted by atomic mass is 10.0. The number of halogens is 1. The quantitative estimate of drug-likeness (QED) is 0.702. The molecule has 3 nitrogen and oxygen atoms in total. The van der Waals surface area contributed by atoms with Gasteiger partial charge in [-0.2, -0.15) is 0 Å². The molecular weight excluding hydrogens is 291 g/mol. The Morgan fingerprint density at radius 1 is 1.09 bits per heavy atom. The van der Waals surface area contributed by atoms with Gasteiger partial charge in [0.2, 0.25) is 0 Å². The molecule has 0 aliphatic carbocycles. The van der Waals surface area contributed by atoms with Crippen molar-refractivity contribution in [2.75, 3.05) is 13.6 Å². The molecule has 2 aromatic carbocycles. The van der Waals surface area contributed by atoms with Gasteiger partial charge in [-0.05, 0) is 49.2 Å². The summed E-state index contributed by atoms with van der Waals surface area (Å²) < 4.78 is 13.2. The van der Waals surface area contributed by atoms with Crippen LogP contribution in [-0.4, -0.2) is 24.7 Å². The first-order valence-corrected chi connectivity index (χ1v) is 7.98. The van der Waals surface area contributed by atoms with Crippen LogP contribution in [0.4, 0.5) is 4.39 Å². The molecule has 2 unspecified atom stereocenters. The van der Waals surface area contributed by atoms with Crippen LogP contribution in [0.3, 0.4) is 0 Å². The van der Waals surface area contributed by atoms with Gasteiger partial charge < -0.3 is 15.7 Å². The van der Waals surface area contributed by atoms with Crippen LogP contribution in [0.25, 0.3) is 0 Å². The molecular formula is C19H25FN2O. The number of nitrogens with one attached hydrogen (secondary N) is 2. The fourth-order valence-corrected chi connectivity index (χ4v) is 2.57. The van der Waals surface area contributed by atoms with Crippen molar-refractivity contribution in [2.45, 2.75) is 32.0 Å². The van der Waals surface area contributed by atoms with Crippen molar-refractivity contribution in [1.29, 1.82) is 0 Å². The Bertz CT molecular complexity index is 601. The summed E-state index contributed by atoms with van der Waals surface area (Å²) in [6.07, 6.45) is 0.182. The second kappa shape index (κ2) is 8.77. The highest BCUT2D eigenvalue weighted by molar-refractivity contribution is 5.23. The number of hydrogen-bond acceptors (Lipinski definition) is 3. The first-order valence-electron chi connectivity index (χ1n) is 7.98. The minimum atomic E-state index is -0.703. The van der Waals surface area contributed by atoms with E-state index in [1.54, 1.807) is 12.1 Å². The number of rotatable bonds is 8. The van der Waals surface area contributed by atoms with Gasteiger partial charge >= 0.3 is 0 Å². The predicted molar refractivity (Wildman–Crippen MR) is 91.7 cm³/mol. The minimum absolute atomic E-state index is 0.230. The second-order valence-corrected chi connectivity index (χ2v) is 5.93. The Labute approximate surface area is 137 Å². The standard InChI is InChI=1S/C19H25FN2O/c1-14(10-15-6-8-16(9-7-15)12-21-2)22-13-19(23)17-4-3-5-18(20)11-17/h3-9,11,14,19,21-23H,10,12-13H2,1-2H3. The zero-order valence-corrected chi connectivity index (χ0v) is 13.7. The van der Waals surface area contributed by atoms with Gasteiger partial charge in [0.15, 0.2) is 0 Å². The van der Waals surface area contributed by atoms with E-state index in [0.29, 0.717) is 12.1 Å². The van der Waals surface area contributed by atoms with Crippen molar-refractivity contribution in [1.82, 2.24) is 10.6 Å². The van der Waals surface area contributed by atoms with Crippen LogP contribution in [-0.2, 0) is 13.0 Å². The maximum absolute atomic E-state index is 13.2. The van der Waals surface area contributed by atoms with E-state index in [9.17, 15) is 9.50 Å². The molecule has 2 rings (SSSR count). The number of hydrogen-bond donors (Lipinski definition) is 3. The number of benzene rings is 2. The van der Waals surface area contributed by atoms with Gasteiger partial charge in [0.1, 0.15) is 5.82 Å². The van der Waals surface area contributed by atoms with Gasteiger partial charge in [0.05, 0.1) is 6.10 Å². The summed E-state index contributed by atoms with van der Waals surface area (Å²) >= 11 is 0. The first kappa shape index (κ1) is 17.6. The molecule has 0 heterocycles. The highest BCUT2D eigenvalue weighted by Gasteiger charge is 2.10. The highest BCUT2D eigenvalue weighted by atomic mass is 19.1. The van der Waals surface area contributed by atoms with Crippen LogP contribution in [0.1, 0.15) is 29.7 Å². The van der Waals surface area contributed by atoms with E-state index in [1.165, 1.54) is 23.3 Å². The van der Waals surface area contributed by atoms with Crippen LogP contribution in [0.15, 0.2) is 48.5 Å². The monoisotopic (exact) mass is 316 g/mol. The van der Waals surface area contributed by atoms with Gasteiger partial charge in [0.25, 0.3) is 0 Å². The van der Waals surface area contributed by atoms with Crippen LogP contribution < -0.4 is 10.6 Å². The molecule has 4 heteroatoms. The minimum Gasteiger partial charge on any atom is -0.387 e. The van der Waals surface area contributed by atoms with Crippen molar-refractivity contribution in [3.63, 3.8) is 0 Å².